The summed E-state index contributed by atoms with van der Waals surface area (Å²) in [5.74, 6) is -3.56. The molecule has 0 radical (unpaired) electrons. The second kappa shape index (κ2) is 8.17. The van der Waals surface area contributed by atoms with Gasteiger partial charge in [0.1, 0.15) is 11.6 Å². The Bertz CT molecular complexity index is 907. The van der Waals surface area contributed by atoms with Crippen LogP contribution in [-0.2, 0) is 19.1 Å². The van der Waals surface area contributed by atoms with Crippen molar-refractivity contribution in [2.75, 3.05) is 17.2 Å². The summed E-state index contributed by atoms with van der Waals surface area (Å²) in [7, 11) is 0. The molecule has 0 bridgehead atoms. The fourth-order valence-electron chi connectivity index (χ4n) is 2.36. The highest BCUT2D eigenvalue weighted by molar-refractivity contribution is 8.01. The normalized spacial score (nSPS) is 15.5. The summed E-state index contributed by atoms with van der Waals surface area (Å²) in [6.45, 7) is -0.648. The van der Waals surface area contributed by atoms with Crippen LogP contribution in [-0.4, -0.2) is 29.6 Å². The minimum absolute atomic E-state index is 0.219. The molecule has 0 fully saturated rings. The zero-order valence-corrected chi connectivity index (χ0v) is 14.6. The number of hydrogen-bond donors (Lipinski definition) is 2. The van der Waals surface area contributed by atoms with Gasteiger partial charge in [-0.1, -0.05) is 12.1 Å². The molecule has 2 N–H and O–H groups in total. The molecule has 0 aromatic heterocycles. The van der Waals surface area contributed by atoms with Crippen LogP contribution in [0.4, 0.5) is 20.2 Å². The van der Waals surface area contributed by atoms with Gasteiger partial charge in [-0.15, -0.1) is 11.8 Å². The van der Waals surface area contributed by atoms with Crippen LogP contribution in [0.15, 0.2) is 47.4 Å². The topological polar surface area (TPSA) is 84.5 Å². The summed E-state index contributed by atoms with van der Waals surface area (Å²) in [6, 6.07) is 9.86. The molecular formula is C18H14F2N2O4S. The lowest BCUT2D eigenvalue weighted by molar-refractivity contribution is -0.147. The Hall–Kier alpha value is -2.94. The zero-order chi connectivity index (χ0) is 19.4. The van der Waals surface area contributed by atoms with E-state index in [1.165, 1.54) is 11.8 Å². The van der Waals surface area contributed by atoms with Gasteiger partial charge in [0.05, 0.1) is 23.0 Å². The Balaban J connectivity index is 1.49. The number of ether oxygens (including phenoxy) is 1. The second-order valence-corrected chi connectivity index (χ2v) is 6.87. The quantitative estimate of drug-likeness (QED) is 0.765. The van der Waals surface area contributed by atoms with Crippen LogP contribution in [0.25, 0.3) is 0 Å². The van der Waals surface area contributed by atoms with E-state index in [1.807, 2.05) is 12.1 Å². The predicted octanol–water partition coefficient (Wildman–Crippen LogP) is 2.95. The van der Waals surface area contributed by atoms with Gasteiger partial charge in [0.15, 0.2) is 6.61 Å². The first-order chi connectivity index (χ1) is 12.9. The summed E-state index contributed by atoms with van der Waals surface area (Å²) >= 11 is 1.24. The third-order valence-corrected chi connectivity index (χ3v) is 4.90. The fraction of sp³-hybridized carbons (Fsp3) is 0.167. The molecule has 1 atom stereocenters. The Morgan fingerprint density at radius 1 is 1.19 bits per heavy atom. The van der Waals surface area contributed by atoms with Gasteiger partial charge in [-0.2, -0.15) is 0 Å². The van der Waals surface area contributed by atoms with Gasteiger partial charge in [0.25, 0.3) is 5.91 Å². The molecule has 1 aliphatic rings. The maximum absolute atomic E-state index is 13.5. The van der Waals surface area contributed by atoms with E-state index in [0.29, 0.717) is 11.8 Å². The van der Waals surface area contributed by atoms with Crippen LogP contribution >= 0.6 is 11.8 Å². The van der Waals surface area contributed by atoms with Crippen molar-refractivity contribution in [3.8, 4) is 0 Å². The van der Waals surface area contributed by atoms with Gasteiger partial charge >= 0.3 is 5.97 Å². The Morgan fingerprint density at radius 2 is 1.96 bits per heavy atom. The molecule has 1 heterocycles. The van der Waals surface area contributed by atoms with Gasteiger partial charge in [-0.3, -0.25) is 14.4 Å². The van der Waals surface area contributed by atoms with Crippen LogP contribution < -0.4 is 10.6 Å². The first-order valence-electron chi connectivity index (χ1n) is 7.89. The number of carbonyl (C=O) groups excluding carboxylic acids is 3. The van der Waals surface area contributed by atoms with E-state index in [0.717, 1.165) is 17.0 Å². The van der Waals surface area contributed by atoms with Crippen molar-refractivity contribution >= 4 is 40.9 Å². The Kier molecular flexibility index (Phi) is 5.70. The number of halogens is 2. The summed E-state index contributed by atoms with van der Waals surface area (Å²) in [6.07, 6.45) is -0.219. The van der Waals surface area contributed by atoms with Crippen molar-refractivity contribution in [2.24, 2.45) is 0 Å². The van der Waals surface area contributed by atoms with Crippen molar-refractivity contribution < 1.29 is 27.9 Å². The zero-order valence-electron chi connectivity index (χ0n) is 13.8. The summed E-state index contributed by atoms with van der Waals surface area (Å²) in [5.41, 5.74) is 0.453. The van der Waals surface area contributed by atoms with E-state index in [2.05, 4.69) is 10.6 Å². The molecule has 0 unspecified atom stereocenters. The average Bonchev–Trinajstić information content (AvgIpc) is 2.63. The third kappa shape index (κ3) is 4.82. The SMILES string of the molecule is O=C(COC(=O)C[C@@H]1Sc2ccccc2NC1=O)Nc1ccc(F)cc1F. The minimum Gasteiger partial charge on any atom is -0.456 e. The molecule has 0 saturated carbocycles. The van der Waals surface area contributed by atoms with Crippen molar-refractivity contribution in [1.82, 2.24) is 0 Å². The van der Waals surface area contributed by atoms with E-state index in [1.54, 1.807) is 12.1 Å². The number of anilines is 2. The molecule has 0 spiro atoms. The standard InChI is InChI=1S/C18H14F2N2O4S/c19-10-5-6-12(11(20)7-10)21-16(23)9-26-17(24)8-15-18(25)22-13-3-1-2-4-14(13)27-15/h1-7,15H,8-9H2,(H,21,23)(H,22,25)/t15-/m0/s1. The van der Waals surface area contributed by atoms with Crippen molar-refractivity contribution in [1.29, 1.82) is 0 Å². The Labute approximate surface area is 157 Å². The minimum atomic E-state index is -0.941. The molecule has 1 aliphatic heterocycles. The van der Waals surface area contributed by atoms with Crippen LogP contribution in [0.1, 0.15) is 6.42 Å². The number of rotatable bonds is 5. The number of para-hydroxylation sites is 1. The molecule has 0 aliphatic carbocycles. The smallest absolute Gasteiger partial charge is 0.307 e. The lowest BCUT2D eigenvalue weighted by Gasteiger charge is -2.23. The largest absolute Gasteiger partial charge is 0.456 e. The van der Waals surface area contributed by atoms with E-state index >= 15 is 0 Å². The molecule has 140 valence electrons. The molecule has 0 saturated heterocycles. The predicted molar refractivity (Wildman–Crippen MR) is 95.3 cm³/mol. The highest BCUT2D eigenvalue weighted by atomic mass is 32.2. The summed E-state index contributed by atoms with van der Waals surface area (Å²) in [5, 5.41) is 4.20. The Morgan fingerprint density at radius 3 is 2.74 bits per heavy atom. The van der Waals surface area contributed by atoms with Crippen LogP contribution in [0.3, 0.4) is 0 Å². The van der Waals surface area contributed by atoms with Gasteiger partial charge in [0.2, 0.25) is 5.91 Å². The van der Waals surface area contributed by atoms with E-state index in [4.69, 9.17) is 4.74 Å². The molecule has 6 nitrogen and oxygen atoms in total. The van der Waals surface area contributed by atoms with Gasteiger partial charge < -0.3 is 15.4 Å². The van der Waals surface area contributed by atoms with Crippen LogP contribution in [0.2, 0.25) is 0 Å². The first-order valence-corrected chi connectivity index (χ1v) is 8.77. The number of hydrogen-bond acceptors (Lipinski definition) is 5. The number of carbonyl (C=O) groups is 3. The number of nitrogens with one attached hydrogen (secondary N) is 2. The highest BCUT2D eigenvalue weighted by Gasteiger charge is 2.29. The summed E-state index contributed by atoms with van der Waals surface area (Å²) < 4.78 is 31.1. The van der Waals surface area contributed by atoms with Crippen molar-refractivity contribution in [3.05, 3.63) is 54.1 Å². The van der Waals surface area contributed by atoms with Gasteiger partial charge in [0, 0.05) is 11.0 Å². The lowest BCUT2D eigenvalue weighted by Crippen LogP contribution is -2.32. The van der Waals surface area contributed by atoms with E-state index in [-0.39, 0.29) is 18.0 Å². The maximum Gasteiger partial charge on any atom is 0.307 e. The number of amides is 2. The first kappa shape index (κ1) is 18.8. The maximum atomic E-state index is 13.5. The van der Waals surface area contributed by atoms with Crippen LogP contribution in [0.5, 0.6) is 0 Å². The third-order valence-electron chi connectivity index (χ3n) is 3.63. The second-order valence-electron chi connectivity index (χ2n) is 5.63. The van der Waals surface area contributed by atoms with Crippen LogP contribution in [0, 0.1) is 11.6 Å². The van der Waals surface area contributed by atoms with Crippen molar-refractivity contribution in [3.63, 3.8) is 0 Å². The number of benzene rings is 2. The fourth-order valence-corrected chi connectivity index (χ4v) is 3.46. The van der Waals surface area contributed by atoms with E-state index in [9.17, 15) is 23.2 Å². The molecule has 9 heteroatoms. The average molecular weight is 392 g/mol. The van der Waals surface area contributed by atoms with Crippen molar-refractivity contribution in [2.45, 2.75) is 16.6 Å². The molecular weight excluding hydrogens is 378 g/mol. The highest BCUT2D eigenvalue weighted by Crippen LogP contribution is 2.36. The number of thioether (sulfide) groups is 1. The number of fused-ring (bicyclic) bond motifs is 1. The number of esters is 1. The van der Waals surface area contributed by atoms with Gasteiger partial charge in [-0.25, -0.2) is 8.78 Å². The molecule has 2 amide bonds. The summed E-state index contributed by atoms with van der Waals surface area (Å²) in [4.78, 5) is 36.5. The molecule has 27 heavy (non-hydrogen) atoms. The molecule has 2 aromatic rings. The molecule has 2 aromatic carbocycles. The molecule has 3 rings (SSSR count). The monoisotopic (exact) mass is 392 g/mol. The van der Waals surface area contributed by atoms with Gasteiger partial charge in [-0.05, 0) is 24.3 Å². The van der Waals surface area contributed by atoms with E-state index < -0.39 is 35.4 Å². The lowest BCUT2D eigenvalue weighted by atomic mass is 10.2.